The second-order valence-corrected chi connectivity index (χ2v) is 6.23. The molecule has 0 aromatic heterocycles. The molecule has 0 bridgehead atoms. The van der Waals surface area contributed by atoms with Gasteiger partial charge in [-0.25, -0.2) is 0 Å². The van der Waals surface area contributed by atoms with E-state index in [4.69, 9.17) is 9.47 Å². The molecular formula is C12H22NO3. The molecule has 0 aromatic rings. The van der Waals surface area contributed by atoms with E-state index in [0.29, 0.717) is 12.8 Å². The van der Waals surface area contributed by atoms with Gasteiger partial charge in [0, 0.05) is 23.9 Å². The lowest BCUT2D eigenvalue weighted by atomic mass is 9.77. The summed E-state index contributed by atoms with van der Waals surface area (Å²) < 4.78 is 11.7. The highest BCUT2D eigenvalue weighted by Gasteiger charge is 2.55. The molecule has 2 fully saturated rings. The van der Waals surface area contributed by atoms with E-state index in [1.165, 1.54) is 5.06 Å². The Labute approximate surface area is 97.5 Å². The molecule has 0 aliphatic carbocycles. The first-order chi connectivity index (χ1) is 7.28. The summed E-state index contributed by atoms with van der Waals surface area (Å²) in [5.74, 6) is -0.536. The lowest BCUT2D eigenvalue weighted by molar-refractivity contribution is -0.372. The molecule has 2 rings (SSSR count). The Bertz CT molecular complexity index is 249. The quantitative estimate of drug-likeness (QED) is 0.637. The van der Waals surface area contributed by atoms with Gasteiger partial charge in [0.1, 0.15) is 0 Å². The first-order valence-electron chi connectivity index (χ1n) is 6.03. The standard InChI is InChI=1S/C12H22NO3/c1-10(2)8-12(15-6-5-7-16-12)9-11(3,4)13(10)14/h5-9H2,1-4H3. The molecule has 0 aromatic carbocycles. The van der Waals surface area contributed by atoms with Crippen LogP contribution in [0.15, 0.2) is 0 Å². The molecule has 4 nitrogen and oxygen atoms in total. The molecule has 2 aliphatic rings. The minimum Gasteiger partial charge on any atom is -0.350 e. The molecule has 93 valence electrons. The number of nitrogens with zero attached hydrogens (tertiary/aromatic N) is 1. The minimum atomic E-state index is -0.536. The second kappa shape index (κ2) is 3.67. The van der Waals surface area contributed by atoms with Crippen LogP contribution in [0.2, 0.25) is 0 Å². The molecule has 16 heavy (non-hydrogen) atoms. The van der Waals surface area contributed by atoms with Crippen LogP contribution >= 0.6 is 0 Å². The number of hydrogen-bond donors (Lipinski definition) is 0. The molecule has 1 spiro atoms. The Morgan fingerprint density at radius 2 is 1.38 bits per heavy atom. The lowest BCUT2D eigenvalue weighted by Gasteiger charge is -2.55. The van der Waals surface area contributed by atoms with Crippen LogP contribution in [0.25, 0.3) is 0 Å². The van der Waals surface area contributed by atoms with E-state index in [9.17, 15) is 5.21 Å². The number of rotatable bonds is 0. The normalized spacial score (nSPS) is 32.8. The summed E-state index contributed by atoms with van der Waals surface area (Å²) in [6.07, 6.45) is 2.24. The Morgan fingerprint density at radius 3 is 1.81 bits per heavy atom. The summed E-state index contributed by atoms with van der Waals surface area (Å²) in [4.78, 5) is 0. The van der Waals surface area contributed by atoms with Crippen LogP contribution in [0.3, 0.4) is 0 Å². The number of hydrogen-bond acceptors (Lipinski definition) is 3. The van der Waals surface area contributed by atoms with Crippen LogP contribution in [0.1, 0.15) is 47.0 Å². The molecule has 2 saturated heterocycles. The van der Waals surface area contributed by atoms with Gasteiger partial charge in [-0.15, -0.1) is 10.3 Å². The molecule has 0 unspecified atom stereocenters. The number of ether oxygens (including phenoxy) is 2. The third-order valence-corrected chi connectivity index (χ3v) is 3.52. The smallest absolute Gasteiger partial charge is 0.171 e. The molecular weight excluding hydrogens is 206 g/mol. The van der Waals surface area contributed by atoms with Crippen molar-refractivity contribution in [1.29, 1.82) is 0 Å². The van der Waals surface area contributed by atoms with Gasteiger partial charge in [0.15, 0.2) is 5.79 Å². The Balaban J connectivity index is 2.24. The van der Waals surface area contributed by atoms with E-state index < -0.39 is 16.9 Å². The average Bonchev–Trinajstić information content (AvgIpc) is 2.14. The van der Waals surface area contributed by atoms with E-state index in [1.54, 1.807) is 0 Å². The first-order valence-corrected chi connectivity index (χ1v) is 6.03. The third-order valence-electron chi connectivity index (χ3n) is 3.52. The minimum absolute atomic E-state index is 0.431. The van der Waals surface area contributed by atoms with Crippen molar-refractivity contribution in [2.45, 2.75) is 63.8 Å². The summed E-state index contributed by atoms with van der Waals surface area (Å²) in [7, 11) is 0. The van der Waals surface area contributed by atoms with Crippen molar-refractivity contribution >= 4 is 0 Å². The second-order valence-electron chi connectivity index (χ2n) is 6.23. The van der Waals surface area contributed by atoms with Crippen LogP contribution in [-0.4, -0.2) is 35.1 Å². The average molecular weight is 228 g/mol. The van der Waals surface area contributed by atoms with Gasteiger partial charge in [-0.3, -0.25) is 0 Å². The van der Waals surface area contributed by atoms with Crippen molar-refractivity contribution in [3.8, 4) is 0 Å². The maximum absolute atomic E-state index is 12.2. The largest absolute Gasteiger partial charge is 0.350 e. The molecule has 0 amide bonds. The molecule has 0 N–H and O–H groups in total. The highest BCUT2D eigenvalue weighted by atomic mass is 16.7. The fourth-order valence-electron chi connectivity index (χ4n) is 3.16. The van der Waals surface area contributed by atoms with E-state index in [0.717, 1.165) is 19.6 Å². The van der Waals surface area contributed by atoms with Crippen LogP contribution in [-0.2, 0) is 14.7 Å². The Hall–Kier alpha value is -0.160. The summed E-state index contributed by atoms with van der Waals surface area (Å²) >= 11 is 0. The van der Waals surface area contributed by atoms with E-state index in [1.807, 2.05) is 27.7 Å². The van der Waals surface area contributed by atoms with Crippen molar-refractivity contribution in [2.75, 3.05) is 13.2 Å². The third kappa shape index (κ3) is 1.99. The van der Waals surface area contributed by atoms with Crippen LogP contribution in [0.5, 0.6) is 0 Å². The molecule has 0 atom stereocenters. The van der Waals surface area contributed by atoms with E-state index in [-0.39, 0.29) is 0 Å². The van der Waals surface area contributed by atoms with Crippen molar-refractivity contribution in [3.63, 3.8) is 0 Å². The van der Waals surface area contributed by atoms with Crippen molar-refractivity contribution in [3.05, 3.63) is 0 Å². The summed E-state index contributed by atoms with van der Waals surface area (Å²) in [6.45, 7) is 9.33. The lowest BCUT2D eigenvalue weighted by Crippen LogP contribution is -2.65. The molecule has 2 heterocycles. The van der Waals surface area contributed by atoms with Crippen molar-refractivity contribution in [1.82, 2.24) is 5.06 Å². The maximum Gasteiger partial charge on any atom is 0.171 e. The van der Waals surface area contributed by atoms with Gasteiger partial charge in [-0.05, 0) is 34.1 Å². The van der Waals surface area contributed by atoms with Gasteiger partial charge in [0.05, 0.1) is 13.2 Å². The highest BCUT2D eigenvalue weighted by Crippen LogP contribution is 2.45. The zero-order valence-corrected chi connectivity index (χ0v) is 10.7. The molecule has 1 radical (unpaired) electrons. The van der Waals surface area contributed by atoms with E-state index >= 15 is 0 Å². The number of hydroxylamine groups is 2. The van der Waals surface area contributed by atoms with Crippen molar-refractivity contribution in [2.24, 2.45) is 0 Å². The number of piperidine rings is 1. The SMILES string of the molecule is CC1(C)CC2(CC(C)(C)N1[O])OCCCO2. The predicted molar refractivity (Wildman–Crippen MR) is 59.2 cm³/mol. The van der Waals surface area contributed by atoms with Gasteiger partial charge in [-0.1, -0.05) is 0 Å². The van der Waals surface area contributed by atoms with E-state index in [2.05, 4.69) is 0 Å². The topological polar surface area (TPSA) is 41.6 Å². The summed E-state index contributed by atoms with van der Waals surface area (Å²) in [5.41, 5.74) is -0.863. The van der Waals surface area contributed by atoms with Gasteiger partial charge >= 0.3 is 0 Å². The van der Waals surface area contributed by atoms with Crippen LogP contribution in [0, 0.1) is 0 Å². The van der Waals surface area contributed by atoms with Gasteiger partial charge < -0.3 is 9.47 Å². The van der Waals surface area contributed by atoms with Crippen LogP contribution in [0.4, 0.5) is 0 Å². The summed E-state index contributed by atoms with van der Waals surface area (Å²) in [6, 6.07) is 0. The van der Waals surface area contributed by atoms with Crippen LogP contribution < -0.4 is 0 Å². The van der Waals surface area contributed by atoms with Crippen molar-refractivity contribution < 1.29 is 14.7 Å². The fraction of sp³-hybridized carbons (Fsp3) is 1.00. The Morgan fingerprint density at radius 1 is 0.938 bits per heavy atom. The predicted octanol–water partition coefficient (Wildman–Crippen LogP) is 2.12. The van der Waals surface area contributed by atoms with Gasteiger partial charge in [0.2, 0.25) is 0 Å². The van der Waals surface area contributed by atoms with Gasteiger partial charge in [-0.2, -0.15) is 0 Å². The zero-order chi connectivity index (χ0) is 12.0. The molecule has 2 aliphatic heterocycles. The monoisotopic (exact) mass is 228 g/mol. The fourth-order valence-corrected chi connectivity index (χ4v) is 3.16. The summed E-state index contributed by atoms with van der Waals surface area (Å²) in [5, 5.41) is 13.4. The molecule has 4 heteroatoms. The van der Waals surface area contributed by atoms with Gasteiger partial charge in [0.25, 0.3) is 0 Å². The molecule has 0 saturated carbocycles. The zero-order valence-electron chi connectivity index (χ0n) is 10.7. The highest BCUT2D eigenvalue weighted by molar-refractivity contribution is 5.01. The Kier molecular flexibility index (Phi) is 2.82. The maximum atomic E-state index is 12.2. The first kappa shape index (κ1) is 12.3.